The van der Waals surface area contributed by atoms with Crippen LogP contribution in [-0.4, -0.2) is 19.5 Å². The van der Waals surface area contributed by atoms with Crippen LogP contribution < -0.4 is 0 Å². The van der Waals surface area contributed by atoms with Crippen molar-refractivity contribution >= 4 is 65.7 Å². The van der Waals surface area contributed by atoms with Gasteiger partial charge >= 0.3 is 0 Å². The molecule has 0 amide bonds. The van der Waals surface area contributed by atoms with E-state index in [9.17, 15) is 0 Å². The zero-order chi connectivity index (χ0) is 37.5. The quantitative estimate of drug-likeness (QED) is 0.176. The van der Waals surface area contributed by atoms with Crippen LogP contribution in [0.15, 0.2) is 191 Å². The van der Waals surface area contributed by atoms with Gasteiger partial charge in [-0.25, -0.2) is 15.0 Å². The van der Waals surface area contributed by atoms with E-state index in [4.69, 9.17) is 23.8 Å². The predicted octanol–water partition coefficient (Wildman–Crippen LogP) is 13.4. The third kappa shape index (κ3) is 4.94. The van der Waals surface area contributed by atoms with Gasteiger partial charge in [-0.05, 0) is 59.7 Å². The maximum atomic E-state index is 7.02. The molecule has 0 spiro atoms. The monoisotopic (exact) mass is 730 g/mol. The van der Waals surface area contributed by atoms with Gasteiger partial charge < -0.3 is 13.4 Å². The molecule has 0 saturated carbocycles. The summed E-state index contributed by atoms with van der Waals surface area (Å²) in [6.45, 7) is 0. The minimum absolute atomic E-state index is 0.578. The van der Waals surface area contributed by atoms with Crippen LogP contribution in [0.1, 0.15) is 0 Å². The number of hydrogen-bond acceptors (Lipinski definition) is 5. The van der Waals surface area contributed by atoms with E-state index in [2.05, 4.69) is 114 Å². The lowest BCUT2D eigenvalue weighted by molar-refractivity contribution is 0.666. The van der Waals surface area contributed by atoms with Crippen LogP contribution in [0.3, 0.4) is 0 Å². The van der Waals surface area contributed by atoms with Gasteiger partial charge in [0.2, 0.25) is 0 Å². The standard InChI is InChI=1S/C51H30N4O2/c1-4-14-31(15-5-1)35-28-39-36-25-24-34(51-53-49(32-16-6-2-7-17-32)52-50(54-51)33-18-8-3-9-19-33)30-45(36)57-48(39)42(29-35)55-40-22-12-10-20-37(40)46-41(55)26-27-44-47(46)38-21-11-13-23-43(38)56-44/h1-30H. The molecule has 0 aliphatic carbocycles. The van der Waals surface area contributed by atoms with Gasteiger partial charge in [-0.1, -0.05) is 133 Å². The van der Waals surface area contributed by atoms with Crippen molar-refractivity contribution < 1.29 is 8.83 Å². The van der Waals surface area contributed by atoms with Gasteiger partial charge in [-0.3, -0.25) is 0 Å². The highest BCUT2D eigenvalue weighted by atomic mass is 16.3. The van der Waals surface area contributed by atoms with Gasteiger partial charge in [0.25, 0.3) is 0 Å². The third-order valence-corrected chi connectivity index (χ3v) is 11.0. The first kappa shape index (κ1) is 31.5. The van der Waals surface area contributed by atoms with Gasteiger partial charge in [-0.15, -0.1) is 0 Å². The second-order valence-corrected chi connectivity index (χ2v) is 14.4. The molecular formula is C51H30N4O2. The SMILES string of the molecule is c1ccc(-c2cc(-n3c4ccccc4c4c5c(ccc43)oc3ccccc35)c3oc4cc(-c5nc(-c6ccccc6)nc(-c6ccccc6)n5)ccc4c3c2)cc1. The van der Waals surface area contributed by atoms with Crippen LogP contribution >= 0.6 is 0 Å². The second kappa shape index (κ2) is 12.3. The highest BCUT2D eigenvalue weighted by Crippen LogP contribution is 2.44. The summed E-state index contributed by atoms with van der Waals surface area (Å²) in [6, 6.07) is 62.6. The number of fused-ring (bicyclic) bond motifs is 10. The van der Waals surface area contributed by atoms with Crippen molar-refractivity contribution in [2.45, 2.75) is 0 Å². The van der Waals surface area contributed by atoms with E-state index < -0.39 is 0 Å². The largest absolute Gasteiger partial charge is 0.456 e. The smallest absolute Gasteiger partial charge is 0.164 e. The normalized spacial score (nSPS) is 11.9. The van der Waals surface area contributed by atoms with Crippen LogP contribution in [0.2, 0.25) is 0 Å². The van der Waals surface area contributed by atoms with Crippen molar-refractivity contribution in [3.8, 4) is 51.0 Å². The van der Waals surface area contributed by atoms with E-state index in [1.807, 2.05) is 72.8 Å². The summed E-state index contributed by atoms with van der Waals surface area (Å²) in [5.41, 5.74) is 11.3. The molecule has 0 saturated heterocycles. The number of furan rings is 2. The Balaban J connectivity index is 1.13. The maximum absolute atomic E-state index is 7.02. The highest BCUT2D eigenvalue weighted by Gasteiger charge is 2.23. The van der Waals surface area contributed by atoms with E-state index in [1.165, 1.54) is 0 Å². The van der Waals surface area contributed by atoms with Crippen LogP contribution in [0.5, 0.6) is 0 Å². The lowest BCUT2D eigenvalue weighted by Crippen LogP contribution is -2.00. The first-order chi connectivity index (χ1) is 28.2. The molecule has 12 aromatic rings. The van der Waals surface area contributed by atoms with Crippen LogP contribution in [0.4, 0.5) is 0 Å². The van der Waals surface area contributed by atoms with E-state index in [1.54, 1.807) is 0 Å². The molecule has 0 fully saturated rings. The Labute approximate surface area is 325 Å². The summed E-state index contributed by atoms with van der Waals surface area (Å²) in [4.78, 5) is 14.9. The highest BCUT2D eigenvalue weighted by molar-refractivity contribution is 6.27. The molecule has 0 aliphatic rings. The van der Waals surface area contributed by atoms with Crippen LogP contribution in [0.25, 0.3) is 117 Å². The Morgan fingerprint density at radius 1 is 0.333 bits per heavy atom. The van der Waals surface area contributed by atoms with Gasteiger partial charge in [0, 0.05) is 49.0 Å². The number of para-hydroxylation sites is 2. The molecule has 0 radical (unpaired) electrons. The van der Waals surface area contributed by atoms with Gasteiger partial charge in [0.05, 0.1) is 16.7 Å². The molecule has 6 nitrogen and oxygen atoms in total. The number of rotatable bonds is 5. The topological polar surface area (TPSA) is 69.9 Å². The Kier molecular flexibility index (Phi) is 6.83. The molecule has 6 heteroatoms. The maximum Gasteiger partial charge on any atom is 0.164 e. The molecule has 12 rings (SSSR count). The molecule has 4 aromatic heterocycles. The van der Waals surface area contributed by atoms with Gasteiger partial charge in [-0.2, -0.15) is 0 Å². The minimum atomic E-state index is 0.578. The van der Waals surface area contributed by atoms with Crippen molar-refractivity contribution in [3.05, 3.63) is 182 Å². The van der Waals surface area contributed by atoms with Crippen molar-refractivity contribution in [2.75, 3.05) is 0 Å². The average molecular weight is 731 g/mol. The molecule has 266 valence electrons. The van der Waals surface area contributed by atoms with Gasteiger partial charge in [0.1, 0.15) is 16.7 Å². The first-order valence-electron chi connectivity index (χ1n) is 19.0. The number of benzene rings is 8. The molecule has 57 heavy (non-hydrogen) atoms. The number of hydrogen-bond donors (Lipinski definition) is 0. The molecule has 0 atom stereocenters. The van der Waals surface area contributed by atoms with Crippen LogP contribution in [0, 0.1) is 0 Å². The zero-order valence-electron chi connectivity index (χ0n) is 30.4. The number of aromatic nitrogens is 4. The minimum Gasteiger partial charge on any atom is -0.456 e. The van der Waals surface area contributed by atoms with Crippen molar-refractivity contribution in [1.29, 1.82) is 0 Å². The summed E-state index contributed by atoms with van der Waals surface area (Å²) >= 11 is 0. The fourth-order valence-corrected chi connectivity index (χ4v) is 8.43. The summed E-state index contributed by atoms with van der Waals surface area (Å²) in [5, 5.41) is 6.56. The molecule has 0 aliphatic heterocycles. The Morgan fingerprint density at radius 3 is 1.67 bits per heavy atom. The predicted molar refractivity (Wildman–Crippen MR) is 230 cm³/mol. The average Bonchev–Trinajstić information content (AvgIpc) is 3.96. The fraction of sp³-hybridized carbons (Fsp3) is 0. The Morgan fingerprint density at radius 2 is 0.947 bits per heavy atom. The zero-order valence-corrected chi connectivity index (χ0v) is 30.4. The molecule has 8 aromatic carbocycles. The number of nitrogens with zero attached hydrogens (tertiary/aromatic N) is 4. The molecular weight excluding hydrogens is 701 g/mol. The lowest BCUT2D eigenvalue weighted by Gasteiger charge is -2.12. The van der Waals surface area contributed by atoms with Crippen molar-refractivity contribution in [1.82, 2.24) is 19.5 Å². The first-order valence-corrected chi connectivity index (χ1v) is 19.0. The van der Waals surface area contributed by atoms with Crippen LogP contribution in [-0.2, 0) is 0 Å². The Bertz CT molecular complexity index is 3450. The van der Waals surface area contributed by atoms with E-state index in [-0.39, 0.29) is 0 Å². The van der Waals surface area contributed by atoms with E-state index in [0.29, 0.717) is 17.5 Å². The lowest BCUT2D eigenvalue weighted by atomic mass is 10.0. The molecule has 0 N–H and O–H groups in total. The molecule has 4 heterocycles. The summed E-state index contributed by atoms with van der Waals surface area (Å²) < 4.78 is 15.8. The summed E-state index contributed by atoms with van der Waals surface area (Å²) in [5.74, 6) is 1.81. The summed E-state index contributed by atoms with van der Waals surface area (Å²) in [7, 11) is 0. The third-order valence-electron chi connectivity index (χ3n) is 11.0. The van der Waals surface area contributed by atoms with Gasteiger partial charge in [0.15, 0.2) is 23.1 Å². The van der Waals surface area contributed by atoms with Crippen molar-refractivity contribution in [2.24, 2.45) is 0 Å². The fourth-order valence-electron chi connectivity index (χ4n) is 8.43. The van der Waals surface area contributed by atoms with Crippen molar-refractivity contribution in [3.63, 3.8) is 0 Å². The summed E-state index contributed by atoms with van der Waals surface area (Å²) in [6.07, 6.45) is 0. The van der Waals surface area contributed by atoms with E-state index in [0.717, 1.165) is 99.2 Å². The second-order valence-electron chi connectivity index (χ2n) is 14.4. The Hall–Kier alpha value is -7.83. The molecule has 0 bridgehead atoms. The van der Waals surface area contributed by atoms with E-state index >= 15 is 0 Å². The molecule has 0 unspecified atom stereocenters.